The lowest BCUT2D eigenvalue weighted by Crippen LogP contribution is -2.39. The minimum absolute atomic E-state index is 0.0276. The highest BCUT2D eigenvalue weighted by Gasteiger charge is 2.03. The number of thiophene rings is 1. The average molecular weight is 227 g/mol. The summed E-state index contributed by atoms with van der Waals surface area (Å²) >= 11 is 1.58. The Kier molecular flexibility index (Phi) is 4.79. The van der Waals surface area contributed by atoms with Crippen LogP contribution in [-0.4, -0.2) is 24.9 Å². The fourth-order valence-corrected chi connectivity index (χ4v) is 1.58. The van der Waals surface area contributed by atoms with Crippen LogP contribution in [0.15, 0.2) is 16.8 Å². The van der Waals surface area contributed by atoms with Crippen LogP contribution in [0.3, 0.4) is 0 Å². The third-order valence-electron chi connectivity index (χ3n) is 1.70. The van der Waals surface area contributed by atoms with Gasteiger partial charge in [0.1, 0.15) is 0 Å². The van der Waals surface area contributed by atoms with Crippen molar-refractivity contribution in [3.63, 3.8) is 0 Å². The van der Waals surface area contributed by atoms with Crippen LogP contribution in [-0.2, 0) is 16.1 Å². The van der Waals surface area contributed by atoms with Crippen molar-refractivity contribution in [2.75, 3.05) is 13.1 Å². The molecule has 0 aliphatic carbocycles. The first-order chi connectivity index (χ1) is 7.22. The van der Waals surface area contributed by atoms with Gasteiger partial charge >= 0.3 is 0 Å². The molecule has 0 spiro atoms. The normalized spacial score (nSPS) is 9.67. The van der Waals surface area contributed by atoms with Crippen LogP contribution in [0.4, 0.5) is 0 Å². The molecule has 4 N–H and O–H groups in total. The van der Waals surface area contributed by atoms with Crippen LogP contribution < -0.4 is 16.4 Å². The van der Waals surface area contributed by atoms with E-state index in [2.05, 4.69) is 10.6 Å². The number of carbonyl (C=O) groups excluding carboxylic acids is 2. The van der Waals surface area contributed by atoms with Crippen molar-refractivity contribution in [2.24, 2.45) is 5.73 Å². The Morgan fingerprint density at radius 2 is 2.13 bits per heavy atom. The molecule has 6 heteroatoms. The van der Waals surface area contributed by atoms with Crippen LogP contribution in [0.1, 0.15) is 5.56 Å². The first-order valence-electron chi connectivity index (χ1n) is 4.47. The van der Waals surface area contributed by atoms with E-state index >= 15 is 0 Å². The van der Waals surface area contributed by atoms with Gasteiger partial charge < -0.3 is 16.4 Å². The van der Waals surface area contributed by atoms with Crippen LogP contribution in [0.5, 0.6) is 0 Å². The second kappa shape index (κ2) is 6.15. The highest BCUT2D eigenvalue weighted by Crippen LogP contribution is 2.04. The number of carbonyl (C=O) groups is 2. The Bertz CT molecular complexity index is 324. The number of hydrogen-bond donors (Lipinski definition) is 3. The van der Waals surface area contributed by atoms with Crippen LogP contribution in [0.25, 0.3) is 0 Å². The maximum absolute atomic E-state index is 11.2. The van der Waals surface area contributed by atoms with E-state index < -0.39 is 0 Å². The van der Waals surface area contributed by atoms with Crippen LogP contribution in [0.2, 0.25) is 0 Å². The molecular formula is C9H13N3O2S. The van der Waals surface area contributed by atoms with E-state index in [1.54, 1.807) is 11.3 Å². The predicted molar refractivity (Wildman–Crippen MR) is 58.2 cm³/mol. The van der Waals surface area contributed by atoms with Gasteiger partial charge in [0.2, 0.25) is 11.8 Å². The lowest BCUT2D eigenvalue weighted by molar-refractivity contribution is -0.125. The summed E-state index contributed by atoms with van der Waals surface area (Å²) in [5.41, 5.74) is 6.12. The van der Waals surface area contributed by atoms with E-state index in [9.17, 15) is 9.59 Å². The monoisotopic (exact) mass is 227 g/mol. The lowest BCUT2D eigenvalue weighted by atomic mass is 10.3. The summed E-state index contributed by atoms with van der Waals surface area (Å²) in [7, 11) is 0. The molecule has 0 saturated heterocycles. The first-order valence-corrected chi connectivity index (χ1v) is 5.41. The smallest absolute Gasteiger partial charge is 0.239 e. The minimum atomic E-state index is -0.333. The zero-order valence-corrected chi connectivity index (χ0v) is 8.97. The zero-order chi connectivity index (χ0) is 11.1. The molecule has 0 aliphatic heterocycles. The largest absolute Gasteiger partial charge is 0.350 e. The van der Waals surface area contributed by atoms with Crippen molar-refractivity contribution in [2.45, 2.75) is 6.54 Å². The van der Waals surface area contributed by atoms with Gasteiger partial charge in [0, 0.05) is 6.54 Å². The molecule has 15 heavy (non-hydrogen) atoms. The van der Waals surface area contributed by atoms with Gasteiger partial charge in [0.15, 0.2) is 0 Å². The topological polar surface area (TPSA) is 84.2 Å². The van der Waals surface area contributed by atoms with Gasteiger partial charge in [-0.3, -0.25) is 9.59 Å². The van der Waals surface area contributed by atoms with Crippen LogP contribution >= 0.6 is 11.3 Å². The number of hydrogen-bond acceptors (Lipinski definition) is 4. The van der Waals surface area contributed by atoms with Crippen molar-refractivity contribution in [3.8, 4) is 0 Å². The summed E-state index contributed by atoms with van der Waals surface area (Å²) in [5, 5.41) is 8.96. The molecule has 82 valence electrons. The molecule has 0 atom stereocenters. The Labute approximate surface area is 91.7 Å². The van der Waals surface area contributed by atoms with Gasteiger partial charge in [-0.25, -0.2) is 0 Å². The number of nitrogens with two attached hydrogens (primary N) is 1. The zero-order valence-electron chi connectivity index (χ0n) is 8.16. The third-order valence-corrected chi connectivity index (χ3v) is 2.43. The Hall–Kier alpha value is -1.40. The maximum atomic E-state index is 11.2. The molecule has 0 fully saturated rings. The summed E-state index contributed by atoms with van der Waals surface area (Å²) in [6, 6.07) is 1.93. The fourth-order valence-electron chi connectivity index (χ4n) is 0.907. The fraction of sp³-hybridized carbons (Fsp3) is 0.333. The Morgan fingerprint density at radius 3 is 2.73 bits per heavy atom. The molecule has 0 radical (unpaired) electrons. The average Bonchev–Trinajstić information content (AvgIpc) is 2.75. The van der Waals surface area contributed by atoms with E-state index in [-0.39, 0.29) is 24.9 Å². The maximum Gasteiger partial charge on any atom is 0.239 e. The lowest BCUT2D eigenvalue weighted by Gasteiger charge is -2.04. The van der Waals surface area contributed by atoms with Gasteiger partial charge in [0.25, 0.3) is 0 Å². The summed E-state index contributed by atoms with van der Waals surface area (Å²) in [6.07, 6.45) is 0. The molecule has 1 aromatic heterocycles. The highest BCUT2D eigenvalue weighted by atomic mass is 32.1. The molecule has 0 bridgehead atoms. The van der Waals surface area contributed by atoms with Crippen molar-refractivity contribution in [1.29, 1.82) is 0 Å². The molecule has 5 nitrogen and oxygen atoms in total. The Morgan fingerprint density at radius 1 is 1.33 bits per heavy atom. The number of amides is 2. The van der Waals surface area contributed by atoms with Gasteiger partial charge in [-0.1, -0.05) is 0 Å². The number of rotatable bonds is 5. The first kappa shape index (κ1) is 11.7. The van der Waals surface area contributed by atoms with Gasteiger partial charge in [-0.15, -0.1) is 0 Å². The van der Waals surface area contributed by atoms with E-state index in [0.29, 0.717) is 6.54 Å². The molecule has 2 amide bonds. The van der Waals surface area contributed by atoms with E-state index in [1.807, 2.05) is 16.8 Å². The van der Waals surface area contributed by atoms with E-state index in [1.165, 1.54) is 0 Å². The molecule has 1 aromatic rings. The number of nitrogens with one attached hydrogen (secondary N) is 2. The van der Waals surface area contributed by atoms with E-state index in [4.69, 9.17) is 5.73 Å². The SMILES string of the molecule is NCC(=O)NCC(=O)NCc1ccsc1. The van der Waals surface area contributed by atoms with Gasteiger partial charge in [-0.2, -0.15) is 11.3 Å². The van der Waals surface area contributed by atoms with Gasteiger partial charge in [0.05, 0.1) is 13.1 Å². The summed E-state index contributed by atoms with van der Waals surface area (Å²) in [4.78, 5) is 21.9. The van der Waals surface area contributed by atoms with Crippen molar-refractivity contribution >= 4 is 23.2 Å². The van der Waals surface area contributed by atoms with Crippen molar-refractivity contribution in [3.05, 3.63) is 22.4 Å². The molecule has 1 heterocycles. The summed E-state index contributed by atoms with van der Waals surface area (Å²) in [5.74, 6) is -0.552. The second-order valence-corrected chi connectivity index (χ2v) is 3.67. The van der Waals surface area contributed by atoms with Crippen molar-refractivity contribution < 1.29 is 9.59 Å². The summed E-state index contributed by atoms with van der Waals surface area (Å²) < 4.78 is 0. The molecule has 0 unspecified atom stereocenters. The molecule has 1 rings (SSSR count). The quantitative estimate of drug-likeness (QED) is 0.630. The summed E-state index contributed by atoms with van der Waals surface area (Å²) in [6.45, 7) is 0.360. The molecule has 0 aromatic carbocycles. The van der Waals surface area contributed by atoms with E-state index in [0.717, 1.165) is 5.56 Å². The Balaban J connectivity index is 2.16. The minimum Gasteiger partial charge on any atom is -0.350 e. The molecular weight excluding hydrogens is 214 g/mol. The standard InChI is InChI=1S/C9H13N3O2S/c10-3-8(13)12-5-9(14)11-4-7-1-2-15-6-7/h1-2,6H,3-5,10H2,(H,11,14)(H,12,13). The predicted octanol–water partition coefficient (Wildman–Crippen LogP) is -0.561. The highest BCUT2D eigenvalue weighted by molar-refractivity contribution is 7.07. The van der Waals surface area contributed by atoms with Gasteiger partial charge in [-0.05, 0) is 22.4 Å². The molecule has 0 saturated carbocycles. The van der Waals surface area contributed by atoms with Crippen LogP contribution in [0, 0.1) is 0 Å². The third kappa shape index (κ3) is 4.57. The molecule has 0 aliphatic rings. The second-order valence-electron chi connectivity index (χ2n) is 2.89. The van der Waals surface area contributed by atoms with Crippen molar-refractivity contribution in [1.82, 2.24) is 10.6 Å².